The van der Waals surface area contributed by atoms with Gasteiger partial charge in [-0.25, -0.2) is 8.78 Å². The zero-order valence-corrected chi connectivity index (χ0v) is 12.1. The molecule has 1 atom stereocenters. The number of fused-ring (bicyclic) bond motifs is 1. The molecule has 5 nitrogen and oxygen atoms in total. The van der Waals surface area contributed by atoms with E-state index >= 15 is 0 Å². The van der Waals surface area contributed by atoms with Crippen LogP contribution in [0.2, 0.25) is 0 Å². The van der Waals surface area contributed by atoms with Crippen LogP contribution in [0.1, 0.15) is 12.8 Å². The zero-order chi connectivity index (χ0) is 15.5. The molecular weight excluding hydrogens is 294 g/mol. The molecule has 0 aliphatic carbocycles. The van der Waals surface area contributed by atoms with Crippen molar-refractivity contribution in [3.05, 3.63) is 23.8 Å². The van der Waals surface area contributed by atoms with E-state index in [0.717, 1.165) is 31.6 Å². The number of nitrogens with one attached hydrogen (secondary N) is 1. The van der Waals surface area contributed by atoms with E-state index in [1.165, 1.54) is 0 Å². The molecule has 0 saturated carbocycles. The molecule has 1 fully saturated rings. The Kier molecular flexibility index (Phi) is 4.42. The lowest BCUT2D eigenvalue weighted by Gasteiger charge is -2.30. The molecule has 1 amide bonds. The summed E-state index contributed by atoms with van der Waals surface area (Å²) < 4.78 is 37.4. The number of hydrogen-bond acceptors (Lipinski definition) is 4. The van der Waals surface area contributed by atoms with Crippen LogP contribution in [0.5, 0.6) is 5.75 Å². The molecule has 1 saturated heterocycles. The van der Waals surface area contributed by atoms with E-state index in [1.807, 2.05) is 0 Å². The molecule has 0 unspecified atom stereocenters. The minimum absolute atomic E-state index is 0.0764. The molecular formula is C15H18F2N2O3. The predicted octanol–water partition coefficient (Wildman–Crippen LogP) is 1.46. The summed E-state index contributed by atoms with van der Waals surface area (Å²) in [6.45, 7) is 2.08. The molecule has 1 aromatic carbocycles. The average Bonchev–Trinajstić information content (AvgIpc) is 3.00. The van der Waals surface area contributed by atoms with Crippen LogP contribution in [-0.4, -0.2) is 44.9 Å². The SMILES string of the molecule is O=C(CN1CCOc2cc(F)c(F)cc21)NC[C@@H]1CCCO1. The van der Waals surface area contributed by atoms with Crippen LogP contribution in [0.25, 0.3) is 0 Å². The molecule has 0 spiro atoms. The normalized spacial score (nSPS) is 20.5. The molecule has 2 aliphatic heterocycles. The van der Waals surface area contributed by atoms with Crippen molar-refractivity contribution in [3.63, 3.8) is 0 Å². The number of benzene rings is 1. The van der Waals surface area contributed by atoms with Crippen molar-refractivity contribution >= 4 is 11.6 Å². The predicted molar refractivity (Wildman–Crippen MR) is 76.0 cm³/mol. The van der Waals surface area contributed by atoms with Gasteiger partial charge in [0.2, 0.25) is 5.91 Å². The van der Waals surface area contributed by atoms with Crippen molar-refractivity contribution < 1.29 is 23.0 Å². The Balaban J connectivity index is 1.61. The van der Waals surface area contributed by atoms with Gasteiger partial charge in [-0.15, -0.1) is 0 Å². The Morgan fingerprint density at radius 1 is 1.32 bits per heavy atom. The monoisotopic (exact) mass is 312 g/mol. The summed E-state index contributed by atoms with van der Waals surface area (Å²) in [5.74, 6) is -1.82. The second-order valence-electron chi connectivity index (χ2n) is 5.44. The maximum atomic E-state index is 13.4. The van der Waals surface area contributed by atoms with Gasteiger partial charge in [0, 0.05) is 25.3 Å². The van der Waals surface area contributed by atoms with Crippen LogP contribution in [-0.2, 0) is 9.53 Å². The highest BCUT2D eigenvalue weighted by Crippen LogP contribution is 2.33. The summed E-state index contributed by atoms with van der Waals surface area (Å²) in [6, 6.07) is 2.08. The molecule has 3 rings (SSSR count). The third-order valence-electron chi connectivity index (χ3n) is 3.85. The van der Waals surface area contributed by atoms with Gasteiger partial charge in [-0.05, 0) is 12.8 Å². The minimum atomic E-state index is -0.955. The van der Waals surface area contributed by atoms with Gasteiger partial charge < -0.3 is 19.7 Å². The third kappa shape index (κ3) is 3.30. The van der Waals surface area contributed by atoms with Crippen molar-refractivity contribution in [2.45, 2.75) is 18.9 Å². The molecule has 0 aromatic heterocycles. The molecule has 1 N–H and O–H groups in total. The lowest BCUT2D eigenvalue weighted by molar-refractivity contribution is -0.120. The van der Waals surface area contributed by atoms with E-state index in [1.54, 1.807) is 4.90 Å². The Labute approximate surface area is 127 Å². The van der Waals surface area contributed by atoms with E-state index < -0.39 is 11.6 Å². The minimum Gasteiger partial charge on any atom is -0.489 e. The number of amides is 1. The van der Waals surface area contributed by atoms with Gasteiger partial charge in [0.15, 0.2) is 11.6 Å². The highest BCUT2D eigenvalue weighted by Gasteiger charge is 2.23. The van der Waals surface area contributed by atoms with Crippen LogP contribution >= 0.6 is 0 Å². The molecule has 7 heteroatoms. The van der Waals surface area contributed by atoms with Gasteiger partial charge in [-0.1, -0.05) is 0 Å². The average molecular weight is 312 g/mol. The lowest BCUT2D eigenvalue weighted by Crippen LogP contribution is -2.43. The van der Waals surface area contributed by atoms with Crippen molar-refractivity contribution in [3.8, 4) is 5.75 Å². The fourth-order valence-electron chi connectivity index (χ4n) is 2.69. The number of carbonyl (C=O) groups excluding carboxylic acids is 1. The van der Waals surface area contributed by atoms with Gasteiger partial charge in [0.1, 0.15) is 12.4 Å². The molecule has 2 heterocycles. The number of hydrogen-bond donors (Lipinski definition) is 1. The molecule has 120 valence electrons. The van der Waals surface area contributed by atoms with E-state index in [9.17, 15) is 13.6 Å². The lowest BCUT2D eigenvalue weighted by atomic mass is 10.2. The van der Waals surface area contributed by atoms with Gasteiger partial charge in [0.05, 0.1) is 24.9 Å². The second-order valence-corrected chi connectivity index (χ2v) is 5.44. The zero-order valence-electron chi connectivity index (χ0n) is 12.1. The van der Waals surface area contributed by atoms with Crippen LogP contribution in [0.3, 0.4) is 0 Å². The molecule has 1 aromatic rings. The first-order valence-electron chi connectivity index (χ1n) is 7.38. The molecule has 0 radical (unpaired) electrons. The van der Waals surface area contributed by atoms with Gasteiger partial charge >= 0.3 is 0 Å². The van der Waals surface area contributed by atoms with E-state index in [0.29, 0.717) is 25.4 Å². The van der Waals surface area contributed by atoms with Crippen LogP contribution in [0.15, 0.2) is 12.1 Å². The summed E-state index contributed by atoms with van der Waals surface area (Å²) in [7, 11) is 0. The first kappa shape index (κ1) is 15.0. The number of halogens is 2. The molecule has 2 aliphatic rings. The standard InChI is InChI=1S/C15H18F2N2O3/c16-11-6-13-14(7-12(11)17)22-5-3-19(13)9-15(20)18-8-10-2-1-4-21-10/h6-7,10H,1-5,8-9H2,(H,18,20)/t10-/m0/s1. The van der Waals surface area contributed by atoms with Crippen molar-refractivity contribution in [2.24, 2.45) is 0 Å². The first-order chi connectivity index (χ1) is 10.6. The molecule has 22 heavy (non-hydrogen) atoms. The summed E-state index contributed by atoms with van der Waals surface area (Å²) >= 11 is 0. The Bertz CT molecular complexity index is 562. The maximum absolute atomic E-state index is 13.4. The first-order valence-corrected chi connectivity index (χ1v) is 7.38. The van der Waals surface area contributed by atoms with Crippen LogP contribution in [0.4, 0.5) is 14.5 Å². The fourth-order valence-corrected chi connectivity index (χ4v) is 2.69. The van der Waals surface area contributed by atoms with Crippen molar-refractivity contribution in [2.75, 3.05) is 37.7 Å². The molecule has 0 bridgehead atoms. The topological polar surface area (TPSA) is 50.8 Å². The summed E-state index contributed by atoms with van der Waals surface area (Å²) in [4.78, 5) is 13.7. The largest absolute Gasteiger partial charge is 0.489 e. The van der Waals surface area contributed by atoms with Gasteiger partial charge in [-0.2, -0.15) is 0 Å². The van der Waals surface area contributed by atoms with Gasteiger partial charge in [0.25, 0.3) is 0 Å². The number of carbonyl (C=O) groups is 1. The smallest absolute Gasteiger partial charge is 0.239 e. The Hall–Kier alpha value is -1.89. The third-order valence-corrected chi connectivity index (χ3v) is 3.85. The summed E-state index contributed by atoms with van der Waals surface area (Å²) in [5.41, 5.74) is 0.400. The van der Waals surface area contributed by atoms with Crippen molar-refractivity contribution in [1.82, 2.24) is 5.32 Å². The number of ether oxygens (including phenoxy) is 2. The number of rotatable bonds is 4. The number of anilines is 1. The van der Waals surface area contributed by atoms with E-state index in [-0.39, 0.29) is 24.3 Å². The maximum Gasteiger partial charge on any atom is 0.239 e. The van der Waals surface area contributed by atoms with E-state index in [4.69, 9.17) is 9.47 Å². The van der Waals surface area contributed by atoms with Crippen LogP contribution in [0, 0.1) is 11.6 Å². The summed E-state index contributed by atoms with van der Waals surface area (Å²) in [5, 5.41) is 2.81. The highest BCUT2D eigenvalue weighted by molar-refractivity contribution is 5.82. The Morgan fingerprint density at radius 2 is 2.14 bits per heavy atom. The highest BCUT2D eigenvalue weighted by atomic mass is 19.2. The van der Waals surface area contributed by atoms with E-state index in [2.05, 4.69) is 5.32 Å². The van der Waals surface area contributed by atoms with Gasteiger partial charge in [-0.3, -0.25) is 4.79 Å². The Morgan fingerprint density at radius 3 is 2.91 bits per heavy atom. The quantitative estimate of drug-likeness (QED) is 0.914. The second kappa shape index (κ2) is 6.48. The summed E-state index contributed by atoms with van der Waals surface area (Å²) in [6.07, 6.45) is 2.04. The number of nitrogens with zero attached hydrogens (tertiary/aromatic N) is 1. The van der Waals surface area contributed by atoms with Crippen LogP contribution < -0.4 is 15.0 Å². The fraction of sp³-hybridized carbons (Fsp3) is 0.533. The van der Waals surface area contributed by atoms with Crippen molar-refractivity contribution in [1.29, 1.82) is 0 Å².